The Morgan fingerprint density at radius 1 is 1.57 bits per heavy atom. The van der Waals surface area contributed by atoms with Crippen LogP contribution in [0.2, 0.25) is 0 Å². The van der Waals surface area contributed by atoms with Gasteiger partial charge in [0.25, 0.3) is 0 Å². The first-order chi connectivity index (χ1) is 6.83. The van der Waals surface area contributed by atoms with E-state index in [4.69, 9.17) is 5.73 Å². The van der Waals surface area contributed by atoms with Crippen molar-refractivity contribution in [3.8, 4) is 0 Å². The zero-order chi connectivity index (χ0) is 9.97. The normalized spacial score (nSPS) is 20.6. The third-order valence-electron chi connectivity index (χ3n) is 3.23. The van der Waals surface area contributed by atoms with Crippen LogP contribution in [0.3, 0.4) is 0 Å². The van der Waals surface area contributed by atoms with Crippen LogP contribution < -0.4 is 5.73 Å². The summed E-state index contributed by atoms with van der Waals surface area (Å²) in [4.78, 5) is 4.48. The molecule has 0 saturated heterocycles. The van der Waals surface area contributed by atoms with Crippen molar-refractivity contribution in [1.29, 1.82) is 0 Å². The Kier molecular flexibility index (Phi) is 2.82. The van der Waals surface area contributed by atoms with Gasteiger partial charge in [0.05, 0.1) is 0 Å². The molecule has 2 rings (SSSR count). The van der Waals surface area contributed by atoms with Gasteiger partial charge in [-0.3, -0.25) is 4.98 Å². The van der Waals surface area contributed by atoms with Crippen LogP contribution in [0.1, 0.15) is 36.6 Å². The minimum atomic E-state index is 0.608. The zero-order valence-electron chi connectivity index (χ0n) is 8.79. The van der Waals surface area contributed by atoms with Gasteiger partial charge in [0.15, 0.2) is 0 Å². The molecule has 0 radical (unpaired) electrons. The second kappa shape index (κ2) is 4.09. The molecule has 2 heteroatoms. The van der Waals surface area contributed by atoms with Crippen molar-refractivity contribution in [1.82, 2.24) is 4.98 Å². The summed E-state index contributed by atoms with van der Waals surface area (Å²) in [7, 11) is 0. The summed E-state index contributed by atoms with van der Waals surface area (Å²) in [5, 5.41) is 0. The van der Waals surface area contributed by atoms with E-state index in [9.17, 15) is 0 Å². The predicted molar refractivity (Wildman–Crippen MR) is 57.9 cm³/mol. The minimum absolute atomic E-state index is 0.608. The molecular formula is C12H18N2. The molecule has 1 heterocycles. The average molecular weight is 190 g/mol. The van der Waals surface area contributed by atoms with E-state index < -0.39 is 0 Å². The van der Waals surface area contributed by atoms with E-state index in [0.29, 0.717) is 6.54 Å². The number of nitrogens with two attached hydrogens (primary N) is 1. The topological polar surface area (TPSA) is 38.9 Å². The smallest absolute Gasteiger partial charge is 0.0435 e. The first kappa shape index (κ1) is 9.66. The highest BCUT2D eigenvalue weighted by molar-refractivity contribution is 5.27. The van der Waals surface area contributed by atoms with Gasteiger partial charge < -0.3 is 5.73 Å². The number of pyridine rings is 1. The summed E-state index contributed by atoms with van der Waals surface area (Å²) < 4.78 is 0. The molecule has 0 aromatic carbocycles. The highest BCUT2D eigenvalue weighted by Crippen LogP contribution is 2.26. The second-order valence-corrected chi connectivity index (χ2v) is 4.17. The quantitative estimate of drug-likeness (QED) is 0.775. The molecule has 1 aliphatic rings. The highest BCUT2D eigenvalue weighted by atomic mass is 14.7. The summed E-state index contributed by atoms with van der Waals surface area (Å²) in [5.74, 6) is 0.859. The van der Waals surface area contributed by atoms with E-state index >= 15 is 0 Å². The first-order valence-corrected chi connectivity index (χ1v) is 5.50. The molecule has 14 heavy (non-hydrogen) atoms. The molecule has 0 aliphatic heterocycles. The van der Waals surface area contributed by atoms with Gasteiger partial charge in [-0.05, 0) is 36.3 Å². The van der Waals surface area contributed by atoms with Gasteiger partial charge in [0.1, 0.15) is 0 Å². The fourth-order valence-electron chi connectivity index (χ4n) is 2.20. The SMILES string of the molecule is CCC1CCc2ncc(CN)cc2C1. The summed E-state index contributed by atoms with van der Waals surface area (Å²) in [6.45, 7) is 2.88. The van der Waals surface area contributed by atoms with E-state index in [1.54, 1.807) is 0 Å². The van der Waals surface area contributed by atoms with E-state index in [1.807, 2.05) is 6.20 Å². The third-order valence-corrected chi connectivity index (χ3v) is 3.23. The molecule has 1 unspecified atom stereocenters. The maximum absolute atomic E-state index is 5.61. The van der Waals surface area contributed by atoms with Crippen molar-refractivity contribution in [2.45, 2.75) is 39.2 Å². The lowest BCUT2D eigenvalue weighted by Crippen LogP contribution is -2.15. The molecule has 0 spiro atoms. The van der Waals surface area contributed by atoms with Crippen LogP contribution in [0.5, 0.6) is 0 Å². The first-order valence-electron chi connectivity index (χ1n) is 5.50. The second-order valence-electron chi connectivity index (χ2n) is 4.17. The summed E-state index contributed by atoms with van der Waals surface area (Å²) >= 11 is 0. The molecule has 1 aromatic rings. The van der Waals surface area contributed by atoms with Gasteiger partial charge in [-0.15, -0.1) is 0 Å². The monoisotopic (exact) mass is 190 g/mol. The van der Waals surface area contributed by atoms with Crippen LogP contribution >= 0.6 is 0 Å². The molecule has 1 aromatic heterocycles. The maximum Gasteiger partial charge on any atom is 0.0435 e. The molecule has 0 saturated carbocycles. The molecule has 1 aliphatic carbocycles. The lowest BCUT2D eigenvalue weighted by molar-refractivity contribution is 0.439. The molecule has 2 N–H and O–H groups in total. The van der Waals surface area contributed by atoms with E-state index in [1.165, 1.54) is 36.1 Å². The molecule has 0 bridgehead atoms. The van der Waals surface area contributed by atoms with E-state index in [0.717, 1.165) is 12.3 Å². The molecule has 2 nitrogen and oxygen atoms in total. The molecule has 76 valence electrons. The maximum atomic E-state index is 5.61. The third kappa shape index (κ3) is 1.80. The van der Waals surface area contributed by atoms with Gasteiger partial charge in [-0.25, -0.2) is 0 Å². The Hall–Kier alpha value is -0.890. The van der Waals surface area contributed by atoms with Crippen LogP contribution in [0.4, 0.5) is 0 Å². The largest absolute Gasteiger partial charge is 0.326 e. The van der Waals surface area contributed by atoms with Crippen molar-refractivity contribution >= 4 is 0 Å². The fraction of sp³-hybridized carbons (Fsp3) is 0.583. The number of hydrogen-bond donors (Lipinski definition) is 1. The number of hydrogen-bond acceptors (Lipinski definition) is 2. The van der Waals surface area contributed by atoms with Crippen LogP contribution in [0.25, 0.3) is 0 Å². The number of fused-ring (bicyclic) bond motifs is 1. The van der Waals surface area contributed by atoms with E-state index in [-0.39, 0.29) is 0 Å². The summed E-state index contributed by atoms with van der Waals surface area (Å²) in [6.07, 6.45) is 6.86. The van der Waals surface area contributed by atoms with Crippen LogP contribution in [-0.2, 0) is 19.4 Å². The van der Waals surface area contributed by atoms with E-state index in [2.05, 4.69) is 18.0 Å². The van der Waals surface area contributed by atoms with Crippen molar-refractivity contribution in [2.24, 2.45) is 11.7 Å². The summed E-state index contributed by atoms with van der Waals surface area (Å²) in [5.41, 5.74) is 9.51. The van der Waals surface area contributed by atoms with Crippen molar-refractivity contribution in [2.75, 3.05) is 0 Å². The molecule has 0 fully saturated rings. The standard InChI is InChI=1S/C12H18N2/c1-2-9-3-4-12-11(5-9)6-10(7-13)8-14-12/h6,8-9H,2-5,7,13H2,1H3. The van der Waals surface area contributed by atoms with Crippen LogP contribution in [0, 0.1) is 5.92 Å². The Morgan fingerprint density at radius 2 is 2.43 bits per heavy atom. The number of nitrogens with zero attached hydrogens (tertiary/aromatic N) is 1. The van der Waals surface area contributed by atoms with Crippen molar-refractivity contribution in [3.63, 3.8) is 0 Å². The van der Waals surface area contributed by atoms with Crippen molar-refractivity contribution in [3.05, 3.63) is 29.1 Å². The summed E-state index contributed by atoms with van der Waals surface area (Å²) in [6, 6.07) is 2.24. The van der Waals surface area contributed by atoms with Gasteiger partial charge in [0, 0.05) is 18.4 Å². The zero-order valence-corrected chi connectivity index (χ0v) is 8.79. The lowest BCUT2D eigenvalue weighted by atomic mass is 9.85. The Bertz CT molecular complexity index is 320. The highest BCUT2D eigenvalue weighted by Gasteiger charge is 2.17. The van der Waals surface area contributed by atoms with Crippen LogP contribution in [0.15, 0.2) is 12.3 Å². The molecule has 1 atom stereocenters. The Labute approximate surface area is 85.5 Å². The number of aromatic nitrogens is 1. The van der Waals surface area contributed by atoms with Crippen molar-refractivity contribution < 1.29 is 0 Å². The van der Waals surface area contributed by atoms with Crippen LogP contribution in [-0.4, -0.2) is 4.98 Å². The molecule has 0 amide bonds. The number of aryl methyl sites for hydroxylation is 1. The van der Waals surface area contributed by atoms with Gasteiger partial charge in [0.2, 0.25) is 0 Å². The minimum Gasteiger partial charge on any atom is -0.326 e. The van der Waals surface area contributed by atoms with Gasteiger partial charge >= 0.3 is 0 Å². The molecular weight excluding hydrogens is 172 g/mol. The number of rotatable bonds is 2. The average Bonchev–Trinajstić information content (AvgIpc) is 2.27. The Balaban J connectivity index is 2.25. The Morgan fingerprint density at radius 3 is 3.14 bits per heavy atom. The van der Waals surface area contributed by atoms with Gasteiger partial charge in [-0.2, -0.15) is 0 Å². The predicted octanol–water partition coefficient (Wildman–Crippen LogP) is 2.06. The lowest BCUT2D eigenvalue weighted by Gasteiger charge is -2.22. The fourth-order valence-corrected chi connectivity index (χ4v) is 2.20. The van der Waals surface area contributed by atoms with Gasteiger partial charge in [-0.1, -0.05) is 19.4 Å².